The van der Waals surface area contributed by atoms with E-state index < -0.39 is 5.91 Å². The van der Waals surface area contributed by atoms with E-state index in [0.29, 0.717) is 26.1 Å². The molecule has 25 heavy (non-hydrogen) atoms. The number of carbonyl (C=O) groups excluding carboxylic acids is 2. The van der Waals surface area contributed by atoms with Crippen molar-refractivity contribution in [1.29, 1.82) is 5.26 Å². The highest BCUT2D eigenvalue weighted by Crippen LogP contribution is 2.34. The number of phenols is 1. The number of hydrogen-bond donors (Lipinski definition) is 1. The van der Waals surface area contributed by atoms with Gasteiger partial charge in [-0.3, -0.25) is 14.5 Å². The number of amides is 2. The number of halogens is 1. The van der Waals surface area contributed by atoms with Gasteiger partial charge in [-0.25, -0.2) is 0 Å². The molecule has 2 aromatic carbocycles. The van der Waals surface area contributed by atoms with Crippen molar-refractivity contribution < 1.29 is 14.7 Å². The molecule has 7 heteroatoms. The normalized spacial score (nSPS) is 15.7. The second-order valence-electron chi connectivity index (χ2n) is 5.25. The summed E-state index contributed by atoms with van der Waals surface area (Å²) >= 11 is 4.07. The molecule has 1 heterocycles. The molecular formula is C18H11BrN2O3S. The molecule has 3 rings (SSSR count). The predicted octanol–water partition coefficient (Wildman–Crippen LogP) is 4.26. The van der Waals surface area contributed by atoms with Gasteiger partial charge in [-0.05, 0) is 63.1 Å². The molecule has 0 radical (unpaired) electrons. The number of nitrogens with zero attached hydrogens (tertiary/aromatic N) is 2. The summed E-state index contributed by atoms with van der Waals surface area (Å²) in [4.78, 5) is 26.2. The summed E-state index contributed by atoms with van der Waals surface area (Å²) < 4.78 is 0.503. The second-order valence-corrected chi connectivity index (χ2v) is 7.10. The number of hydrogen-bond acceptors (Lipinski definition) is 5. The van der Waals surface area contributed by atoms with Gasteiger partial charge in [0, 0.05) is 0 Å². The van der Waals surface area contributed by atoms with Gasteiger partial charge in [0.2, 0.25) is 0 Å². The molecule has 1 N–H and O–H groups in total. The Bertz CT molecular complexity index is 950. The van der Waals surface area contributed by atoms with Crippen LogP contribution in [0.25, 0.3) is 6.08 Å². The molecule has 0 aromatic heterocycles. The number of rotatable bonds is 3. The fraction of sp³-hybridized carbons (Fsp3) is 0.0556. The molecule has 2 amide bonds. The summed E-state index contributed by atoms with van der Waals surface area (Å²) in [6.07, 6.45) is 1.60. The van der Waals surface area contributed by atoms with Crippen molar-refractivity contribution in [2.75, 3.05) is 0 Å². The first kappa shape index (κ1) is 17.3. The molecular weight excluding hydrogens is 404 g/mol. The summed E-state index contributed by atoms with van der Waals surface area (Å²) in [5.74, 6) is -0.301. The van der Waals surface area contributed by atoms with E-state index in [0.717, 1.165) is 16.7 Å². The minimum atomic E-state index is -0.396. The van der Waals surface area contributed by atoms with Crippen LogP contribution in [0.2, 0.25) is 0 Å². The first-order valence-corrected chi connectivity index (χ1v) is 8.82. The van der Waals surface area contributed by atoms with Crippen molar-refractivity contribution in [3.05, 3.63) is 68.5 Å². The Labute approximate surface area is 156 Å². The summed E-state index contributed by atoms with van der Waals surface area (Å²) in [5.41, 5.74) is 1.75. The number of nitriles is 1. The summed E-state index contributed by atoms with van der Waals surface area (Å²) in [6, 6.07) is 13.8. The first-order chi connectivity index (χ1) is 12.0. The molecule has 0 spiro atoms. The third kappa shape index (κ3) is 3.60. The Hall–Kier alpha value is -2.56. The minimum absolute atomic E-state index is 0.0605. The van der Waals surface area contributed by atoms with E-state index in [1.165, 1.54) is 6.07 Å². The number of carbonyl (C=O) groups is 2. The highest BCUT2D eigenvalue weighted by atomic mass is 79.9. The van der Waals surface area contributed by atoms with Gasteiger partial charge in [-0.2, -0.15) is 5.26 Å². The molecule has 1 saturated heterocycles. The summed E-state index contributed by atoms with van der Waals surface area (Å²) in [7, 11) is 0. The SMILES string of the molecule is N#Cc1ccccc1CN1C(=O)S/C(=C/c2ccc(O)c(Br)c2)C1=O. The van der Waals surface area contributed by atoms with Gasteiger partial charge in [0.1, 0.15) is 5.75 Å². The zero-order valence-corrected chi connectivity index (χ0v) is 15.2. The molecule has 1 aliphatic heterocycles. The zero-order chi connectivity index (χ0) is 18.0. The van der Waals surface area contributed by atoms with Crippen LogP contribution in [-0.2, 0) is 11.3 Å². The van der Waals surface area contributed by atoms with Crippen LogP contribution in [0.15, 0.2) is 51.8 Å². The molecule has 1 fully saturated rings. The number of thioether (sulfide) groups is 1. The zero-order valence-electron chi connectivity index (χ0n) is 12.8. The molecule has 2 aromatic rings. The van der Waals surface area contributed by atoms with Crippen LogP contribution in [0.3, 0.4) is 0 Å². The quantitative estimate of drug-likeness (QED) is 0.758. The Morgan fingerprint density at radius 3 is 2.72 bits per heavy atom. The molecule has 124 valence electrons. The number of phenolic OH excluding ortho intramolecular Hbond substituents is 1. The van der Waals surface area contributed by atoms with Crippen molar-refractivity contribution in [2.45, 2.75) is 6.54 Å². The van der Waals surface area contributed by atoms with Gasteiger partial charge in [0.25, 0.3) is 11.1 Å². The standard InChI is InChI=1S/C18H11BrN2O3S/c19-14-7-11(5-6-15(14)22)8-16-17(23)21(18(24)25-16)10-13-4-2-1-3-12(13)9-20/h1-8,22H,10H2/b16-8+. The van der Waals surface area contributed by atoms with E-state index in [1.807, 2.05) is 0 Å². The lowest BCUT2D eigenvalue weighted by molar-refractivity contribution is -0.123. The number of imide groups is 1. The predicted molar refractivity (Wildman–Crippen MR) is 98.5 cm³/mol. The van der Waals surface area contributed by atoms with Crippen molar-refractivity contribution in [3.8, 4) is 11.8 Å². The van der Waals surface area contributed by atoms with Crippen molar-refractivity contribution in [1.82, 2.24) is 4.90 Å². The Kier molecular flexibility index (Phi) is 4.93. The van der Waals surface area contributed by atoms with Gasteiger partial charge in [0.05, 0.1) is 27.6 Å². The van der Waals surface area contributed by atoms with Crippen LogP contribution < -0.4 is 0 Å². The van der Waals surface area contributed by atoms with Gasteiger partial charge < -0.3 is 5.11 Å². The van der Waals surface area contributed by atoms with E-state index in [9.17, 15) is 14.7 Å². The highest BCUT2D eigenvalue weighted by molar-refractivity contribution is 9.10. The molecule has 0 saturated carbocycles. The average Bonchev–Trinajstić information content (AvgIpc) is 2.86. The lowest BCUT2D eigenvalue weighted by Gasteiger charge is -2.13. The fourth-order valence-corrected chi connectivity index (χ4v) is 3.57. The third-order valence-electron chi connectivity index (χ3n) is 3.61. The van der Waals surface area contributed by atoms with Crippen LogP contribution in [0, 0.1) is 11.3 Å². The maximum absolute atomic E-state index is 12.5. The fourth-order valence-electron chi connectivity index (χ4n) is 2.34. The third-order valence-corrected chi connectivity index (χ3v) is 5.15. The molecule has 1 aliphatic rings. The van der Waals surface area contributed by atoms with Crippen molar-refractivity contribution in [2.24, 2.45) is 0 Å². The lowest BCUT2D eigenvalue weighted by atomic mass is 10.1. The van der Waals surface area contributed by atoms with Crippen LogP contribution in [-0.4, -0.2) is 21.2 Å². The van der Waals surface area contributed by atoms with Gasteiger partial charge in [0.15, 0.2) is 0 Å². The van der Waals surface area contributed by atoms with E-state index in [4.69, 9.17) is 5.26 Å². The Morgan fingerprint density at radius 2 is 2.00 bits per heavy atom. The second kappa shape index (κ2) is 7.13. The lowest BCUT2D eigenvalue weighted by Crippen LogP contribution is -2.27. The molecule has 5 nitrogen and oxygen atoms in total. The van der Waals surface area contributed by atoms with Crippen LogP contribution in [0.5, 0.6) is 5.75 Å². The van der Waals surface area contributed by atoms with Crippen molar-refractivity contribution in [3.63, 3.8) is 0 Å². The van der Waals surface area contributed by atoms with Crippen molar-refractivity contribution >= 4 is 44.9 Å². The van der Waals surface area contributed by atoms with E-state index in [2.05, 4.69) is 22.0 Å². The molecule has 0 bridgehead atoms. The molecule has 0 atom stereocenters. The Balaban J connectivity index is 1.86. The van der Waals surface area contributed by atoms with Crippen LogP contribution >= 0.6 is 27.7 Å². The maximum atomic E-state index is 12.5. The monoisotopic (exact) mass is 414 g/mol. The average molecular weight is 415 g/mol. The van der Waals surface area contributed by atoms with Crippen LogP contribution in [0.1, 0.15) is 16.7 Å². The van der Waals surface area contributed by atoms with E-state index in [1.54, 1.807) is 42.5 Å². The topological polar surface area (TPSA) is 81.4 Å². The minimum Gasteiger partial charge on any atom is -0.507 e. The molecule has 0 aliphatic carbocycles. The highest BCUT2D eigenvalue weighted by Gasteiger charge is 2.35. The molecule has 0 unspecified atom stereocenters. The summed E-state index contributed by atoms with van der Waals surface area (Å²) in [6.45, 7) is 0.0605. The Morgan fingerprint density at radius 1 is 1.24 bits per heavy atom. The first-order valence-electron chi connectivity index (χ1n) is 7.21. The van der Waals surface area contributed by atoms with Gasteiger partial charge >= 0.3 is 0 Å². The largest absolute Gasteiger partial charge is 0.507 e. The smallest absolute Gasteiger partial charge is 0.293 e. The van der Waals surface area contributed by atoms with Gasteiger partial charge in [-0.15, -0.1) is 0 Å². The maximum Gasteiger partial charge on any atom is 0.293 e. The van der Waals surface area contributed by atoms with E-state index in [-0.39, 0.29) is 17.5 Å². The van der Waals surface area contributed by atoms with E-state index >= 15 is 0 Å². The van der Waals surface area contributed by atoms with Crippen LogP contribution in [0.4, 0.5) is 4.79 Å². The van der Waals surface area contributed by atoms with Gasteiger partial charge in [-0.1, -0.05) is 24.3 Å². The summed E-state index contributed by atoms with van der Waals surface area (Å²) in [5, 5.41) is 18.3. The number of benzene rings is 2. The number of aromatic hydroxyl groups is 1.